The molecule has 0 radical (unpaired) electrons. The molecule has 1 saturated heterocycles. The molecule has 2 heterocycles. The lowest BCUT2D eigenvalue weighted by Crippen LogP contribution is -2.40. The van der Waals surface area contributed by atoms with Gasteiger partial charge in [0.25, 0.3) is 0 Å². The number of nitrogens with zero attached hydrogens (tertiary/aromatic N) is 2. The molecule has 28 heavy (non-hydrogen) atoms. The molecule has 0 bridgehead atoms. The second-order valence-corrected chi connectivity index (χ2v) is 7.76. The predicted octanol–water partition coefficient (Wildman–Crippen LogP) is 0.350. The molecule has 3 rings (SSSR count). The van der Waals surface area contributed by atoms with Crippen molar-refractivity contribution in [2.45, 2.75) is 4.90 Å². The van der Waals surface area contributed by atoms with Gasteiger partial charge in [0.2, 0.25) is 10.0 Å². The summed E-state index contributed by atoms with van der Waals surface area (Å²) in [5.41, 5.74) is -2.95. The van der Waals surface area contributed by atoms with Crippen molar-refractivity contribution in [2.24, 2.45) is 0 Å². The lowest BCUT2D eigenvalue weighted by atomic mass is 10.00. The highest BCUT2D eigenvalue weighted by molar-refractivity contribution is 7.89. The van der Waals surface area contributed by atoms with Gasteiger partial charge in [-0.05, 0) is 18.2 Å². The number of sulfonamides is 1. The maximum absolute atomic E-state index is 12.8. The van der Waals surface area contributed by atoms with E-state index in [1.54, 1.807) is 0 Å². The Morgan fingerprint density at radius 3 is 2.11 bits per heavy atom. The van der Waals surface area contributed by atoms with Crippen molar-refractivity contribution >= 4 is 38.8 Å². The SMILES string of the molecule is O=C(O)c1nc2ccc(S(=O)(=O)N3CCOCC3)cc2c(C(=O)O)c1C(=O)O. The molecule has 0 amide bonds. The monoisotopic (exact) mass is 410 g/mol. The van der Waals surface area contributed by atoms with E-state index in [1.807, 2.05) is 0 Å². The standard InChI is InChI=1S/C16H14N2O9S/c19-14(20)11-9-7-8(28(25,26)18-3-5-27-6-4-18)1-2-10(9)17-13(16(23)24)12(11)15(21)22/h1-2,7H,3-6H2,(H,19,20)(H,21,22)(H,23,24). The van der Waals surface area contributed by atoms with E-state index in [0.717, 1.165) is 22.5 Å². The number of carbonyl (C=O) groups is 3. The zero-order valence-corrected chi connectivity index (χ0v) is 15.0. The molecule has 0 saturated carbocycles. The number of aromatic nitrogens is 1. The van der Waals surface area contributed by atoms with E-state index in [2.05, 4.69) is 4.98 Å². The summed E-state index contributed by atoms with van der Waals surface area (Å²) < 4.78 is 31.9. The van der Waals surface area contributed by atoms with Gasteiger partial charge in [0.1, 0.15) is 5.56 Å². The summed E-state index contributed by atoms with van der Waals surface area (Å²) in [4.78, 5) is 38.0. The zero-order valence-electron chi connectivity index (χ0n) is 14.2. The van der Waals surface area contributed by atoms with Gasteiger partial charge in [-0.3, -0.25) is 0 Å². The van der Waals surface area contributed by atoms with Crippen LogP contribution in [0, 0.1) is 0 Å². The van der Waals surface area contributed by atoms with Crippen molar-refractivity contribution in [3.05, 3.63) is 35.0 Å². The summed E-state index contributed by atoms with van der Waals surface area (Å²) in [6, 6.07) is 3.31. The molecule has 0 spiro atoms. The summed E-state index contributed by atoms with van der Waals surface area (Å²) >= 11 is 0. The van der Waals surface area contributed by atoms with Gasteiger partial charge in [-0.15, -0.1) is 0 Å². The number of rotatable bonds is 5. The van der Waals surface area contributed by atoms with Crippen molar-refractivity contribution in [1.82, 2.24) is 9.29 Å². The lowest BCUT2D eigenvalue weighted by molar-refractivity contribution is 0.0631. The Morgan fingerprint density at radius 1 is 0.964 bits per heavy atom. The molecule has 1 aromatic heterocycles. The smallest absolute Gasteiger partial charge is 0.355 e. The molecule has 1 fully saturated rings. The molecule has 0 unspecified atom stereocenters. The number of hydrogen-bond acceptors (Lipinski definition) is 7. The van der Waals surface area contributed by atoms with Gasteiger partial charge >= 0.3 is 17.9 Å². The quantitative estimate of drug-likeness (QED) is 0.624. The third-order valence-electron chi connectivity index (χ3n) is 4.19. The molecule has 0 aliphatic carbocycles. The fourth-order valence-corrected chi connectivity index (χ4v) is 4.36. The zero-order chi connectivity index (χ0) is 20.6. The van der Waals surface area contributed by atoms with Crippen LogP contribution in [0.15, 0.2) is 23.1 Å². The first-order valence-electron chi connectivity index (χ1n) is 7.90. The first-order valence-corrected chi connectivity index (χ1v) is 9.34. The summed E-state index contributed by atoms with van der Waals surface area (Å²) in [5, 5.41) is 27.7. The van der Waals surface area contributed by atoms with Gasteiger partial charge in [0.15, 0.2) is 5.69 Å². The minimum Gasteiger partial charge on any atom is -0.478 e. The van der Waals surface area contributed by atoms with Crippen LogP contribution < -0.4 is 0 Å². The van der Waals surface area contributed by atoms with Crippen molar-refractivity contribution in [1.29, 1.82) is 0 Å². The molecule has 148 valence electrons. The highest BCUT2D eigenvalue weighted by Crippen LogP contribution is 2.28. The molecular weight excluding hydrogens is 396 g/mol. The Morgan fingerprint density at radius 2 is 1.57 bits per heavy atom. The predicted molar refractivity (Wildman–Crippen MR) is 92.2 cm³/mol. The normalized spacial score (nSPS) is 15.4. The van der Waals surface area contributed by atoms with Crippen molar-refractivity contribution < 1.29 is 42.9 Å². The Balaban J connectivity index is 2.30. The van der Waals surface area contributed by atoms with E-state index < -0.39 is 44.8 Å². The van der Waals surface area contributed by atoms with Gasteiger partial charge < -0.3 is 20.1 Å². The van der Waals surface area contributed by atoms with Gasteiger partial charge in [-0.2, -0.15) is 4.31 Å². The van der Waals surface area contributed by atoms with E-state index in [0.29, 0.717) is 0 Å². The third-order valence-corrected chi connectivity index (χ3v) is 6.09. The number of carboxylic acids is 3. The fourth-order valence-electron chi connectivity index (χ4n) is 2.92. The second-order valence-electron chi connectivity index (χ2n) is 5.82. The van der Waals surface area contributed by atoms with Crippen LogP contribution in [0.4, 0.5) is 0 Å². The minimum atomic E-state index is -3.99. The first kappa shape index (κ1) is 19.7. The molecular formula is C16H14N2O9S. The molecule has 1 aromatic carbocycles. The molecule has 0 atom stereocenters. The number of hydrogen-bond donors (Lipinski definition) is 3. The van der Waals surface area contributed by atoms with Crippen LogP contribution in [0.25, 0.3) is 10.9 Å². The largest absolute Gasteiger partial charge is 0.478 e. The number of fused-ring (bicyclic) bond motifs is 1. The maximum Gasteiger partial charge on any atom is 0.355 e. The number of aromatic carboxylic acids is 3. The lowest BCUT2D eigenvalue weighted by Gasteiger charge is -2.26. The van der Waals surface area contributed by atoms with Gasteiger partial charge in [-0.1, -0.05) is 0 Å². The van der Waals surface area contributed by atoms with Gasteiger partial charge in [0.05, 0.1) is 29.2 Å². The average Bonchev–Trinajstić information content (AvgIpc) is 2.66. The number of benzene rings is 1. The van der Waals surface area contributed by atoms with Gasteiger partial charge in [0, 0.05) is 18.5 Å². The Labute approximate surface area is 157 Å². The van der Waals surface area contributed by atoms with Gasteiger partial charge in [-0.25, -0.2) is 27.8 Å². The van der Waals surface area contributed by atoms with E-state index in [9.17, 15) is 38.1 Å². The van der Waals surface area contributed by atoms with Crippen molar-refractivity contribution in [2.75, 3.05) is 26.3 Å². The van der Waals surface area contributed by atoms with Crippen LogP contribution >= 0.6 is 0 Å². The molecule has 12 heteroatoms. The molecule has 1 aliphatic rings. The summed E-state index contributed by atoms with van der Waals surface area (Å²) in [7, 11) is -3.99. The highest BCUT2D eigenvalue weighted by Gasteiger charge is 2.31. The number of pyridine rings is 1. The van der Waals surface area contributed by atoms with Crippen LogP contribution in [0.5, 0.6) is 0 Å². The average molecular weight is 410 g/mol. The van der Waals surface area contributed by atoms with Crippen LogP contribution in [0.3, 0.4) is 0 Å². The second kappa shape index (κ2) is 7.14. The van der Waals surface area contributed by atoms with E-state index in [1.165, 1.54) is 0 Å². The van der Waals surface area contributed by atoms with Crippen LogP contribution in [-0.4, -0.2) is 77.2 Å². The van der Waals surface area contributed by atoms with E-state index >= 15 is 0 Å². The Hall–Kier alpha value is -3.09. The topological polar surface area (TPSA) is 171 Å². The van der Waals surface area contributed by atoms with E-state index in [-0.39, 0.29) is 42.1 Å². The van der Waals surface area contributed by atoms with Crippen LogP contribution in [-0.2, 0) is 14.8 Å². The maximum atomic E-state index is 12.8. The highest BCUT2D eigenvalue weighted by atomic mass is 32.2. The van der Waals surface area contributed by atoms with Crippen molar-refractivity contribution in [3.63, 3.8) is 0 Å². The molecule has 1 aliphatic heterocycles. The molecule has 11 nitrogen and oxygen atoms in total. The van der Waals surface area contributed by atoms with E-state index in [4.69, 9.17) is 4.74 Å². The third kappa shape index (κ3) is 3.28. The fraction of sp³-hybridized carbons (Fsp3) is 0.250. The molecule has 3 N–H and O–H groups in total. The Bertz CT molecular complexity index is 1100. The van der Waals surface area contributed by atoms with Crippen molar-refractivity contribution in [3.8, 4) is 0 Å². The van der Waals surface area contributed by atoms with Crippen LogP contribution in [0.1, 0.15) is 31.2 Å². The summed E-state index contributed by atoms with van der Waals surface area (Å²) in [6.45, 7) is 0.644. The van der Waals surface area contributed by atoms with Crippen LogP contribution in [0.2, 0.25) is 0 Å². The Kier molecular flexibility index (Phi) is 5.02. The summed E-state index contributed by atoms with van der Waals surface area (Å²) in [6.07, 6.45) is 0. The number of ether oxygens (including phenoxy) is 1. The minimum absolute atomic E-state index is 0.114. The number of carboxylic acid groups (broad SMARTS) is 3. The number of morpholine rings is 1. The first-order chi connectivity index (χ1) is 13.1. The molecule has 2 aromatic rings. The summed E-state index contributed by atoms with van der Waals surface area (Å²) in [5.74, 6) is -5.23.